The molecule has 0 saturated heterocycles. The van der Waals surface area contributed by atoms with E-state index in [-0.39, 0.29) is 135 Å². The van der Waals surface area contributed by atoms with E-state index in [1.165, 1.54) is 0 Å². The van der Waals surface area contributed by atoms with Gasteiger partial charge in [-0.05, 0) is 28.7 Å². The summed E-state index contributed by atoms with van der Waals surface area (Å²) in [7, 11) is -4.67. The van der Waals surface area contributed by atoms with Crippen LogP contribution >= 0.6 is 22.6 Å². The van der Waals surface area contributed by atoms with Gasteiger partial charge in [-0.3, -0.25) is 9.11 Å². The van der Waals surface area contributed by atoms with Gasteiger partial charge in [0.05, 0.1) is 0 Å². The first kappa shape index (κ1) is 44.8. The maximum absolute atomic E-state index is 8.74. The Morgan fingerprint density at radius 1 is 0.471 bits per heavy atom. The van der Waals surface area contributed by atoms with Crippen molar-refractivity contribution in [3.8, 4) is 45.6 Å². The molecule has 0 saturated carbocycles. The van der Waals surface area contributed by atoms with E-state index in [1.54, 1.807) is 0 Å². The average Bonchev–Trinajstić information content (AvgIpc) is 3.76. The van der Waals surface area contributed by atoms with Crippen molar-refractivity contribution in [2.45, 2.75) is 0 Å². The number of rotatable bonds is 0. The summed E-state index contributed by atoms with van der Waals surface area (Å²) in [5.41, 5.74) is 6.46. The molecule has 0 aliphatic carbocycles. The van der Waals surface area contributed by atoms with E-state index < -0.39 is 10.4 Å². The molecule has 1 radical (unpaired) electrons. The van der Waals surface area contributed by atoms with Gasteiger partial charge in [-0.15, -0.1) is 0 Å². The third-order valence-corrected chi connectivity index (χ3v) is 8.43. The van der Waals surface area contributed by atoms with Crippen LogP contribution in [0.1, 0.15) is 0 Å². The van der Waals surface area contributed by atoms with Crippen molar-refractivity contribution >= 4 is 195 Å². The number of aromatic amines is 2. The van der Waals surface area contributed by atoms with E-state index in [0.717, 1.165) is 47.4 Å². The molecule has 2 aliphatic rings. The zero-order chi connectivity index (χ0) is 31.6. The average molecular weight is 898 g/mol. The van der Waals surface area contributed by atoms with Crippen LogP contribution in [0.2, 0.25) is 0 Å². The van der Waals surface area contributed by atoms with Crippen LogP contribution in [0.5, 0.6) is 0 Å². The Bertz CT molecular complexity index is 2690. The molecule has 51 heavy (non-hydrogen) atoms. The minimum absolute atomic E-state index is 0. The maximum atomic E-state index is 8.74. The SMILES string of the molecule is Ic1cccc2c3nc4nc(nc5[nH]c(nc6nc(nc([nH]3)c12)-c1ccccc1-6)c1ccccc51)-c1ccccc1-4.O=S(=O)(O)O.[Cu].[NaH].[NaH].[NaH].[NaH]. The Balaban J connectivity index is 0.000000661. The fourth-order valence-corrected chi connectivity index (χ4v) is 6.40. The first-order chi connectivity index (χ1) is 22.2. The van der Waals surface area contributed by atoms with Gasteiger partial charge < -0.3 is 9.97 Å². The number of hydrogen-bond acceptors (Lipinski definition) is 8. The molecule has 243 valence electrons. The van der Waals surface area contributed by atoms with Crippen LogP contribution in [0, 0.1) is 3.57 Å². The van der Waals surface area contributed by atoms with Gasteiger partial charge in [0.25, 0.3) is 0 Å². The van der Waals surface area contributed by atoms with Crippen LogP contribution < -0.4 is 0 Å². The number of nitrogens with one attached hydrogen (secondary N) is 2. The number of benzene rings is 4. The van der Waals surface area contributed by atoms with Crippen molar-refractivity contribution in [2.75, 3.05) is 0 Å². The molecule has 7 aromatic rings. The molecule has 19 heteroatoms. The summed E-state index contributed by atoms with van der Waals surface area (Å²) in [4.78, 5) is 37.0. The molecule has 0 amide bonds. The molecule has 12 nitrogen and oxygen atoms in total. The fraction of sp³-hybridized carbons (Fsp3) is 0. The molecule has 9 rings (SSSR count). The molecule has 4 aromatic carbocycles. The molecule has 5 heterocycles. The first-order valence-electron chi connectivity index (χ1n) is 13.8. The van der Waals surface area contributed by atoms with E-state index >= 15 is 0 Å². The molecule has 4 N–H and O–H groups in total. The predicted octanol–water partition coefficient (Wildman–Crippen LogP) is 4.22. The van der Waals surface area contributed by atoms with Crippen LogP contribution in [-0.4, -0.2) is 176 Å². The van der Waals surface area contributed by atoms with E-state index in [4.69, 9.17) is 47.4 Å². The van der Waals surface area contributed by atoms with Crippen LogP contribution in [0.15, 0.2) is 91.0 Å². The quantitative estimate of drug-likeness (QED) is 0.0977. The van der Waals surface area contributed by atoms with Crippen molar-refractivity contribution in [3.05, 3.63) is 94.6 Å². The monoisotopic (exact) mass is 897 g/mol. The molecular weight excluding hydrogens is 875 g/mol. The number of halogens is 1. The van der Waals surface area contributed by atoms with Crippen molar-refractivity contribution in [3.63, 3.8) is 0 Å². The second kappa shape index (κ2) is 18.3. The van der Waals surface area contributed by atoms with E-state index in [2.05, 4.69) is 44.7 Å². The van der Waals surface area contributed by atoms with Crippen LogP contribution in [-0.2, 0) is 27.5 Å². The van der Waals surface area contributed by atoms with Crippen molar-refractivity contribution in [2.24, 2.45) is 0 Å². The Kier molecular flexibility index (Phi) is 16.1. The minimum atomic E-state index is -4.67. The van der Waals surface area contributed by atoms with Gasteiger partial charge in [0.1, 0.15) is 22.6 Å². The van der Waals surface area contributed by atoms with Gasteiger partial charge in [0.15, 0.2) is 23.3 Å². The van der Waals surface area contributed by atoms with E-state index in [0.29, 0.717) is 45.9 Å². The van der Waals surface area contributed by atoms with Gasteiger partial charge in [0.2, 0.25) is 0 Å². The zero-order valence-electron chi connectivity index (χ0n) is 23.6. The Labute approximate surface area is 403 Å². The predicted molar refractivity (Wildman–Crippen MR) is 212 cm³/mol. The molecule has 0 fully saturated rings. The van der Waals surface area contributed by atoms with Gasteiger partial charge in [-0.2, -0.15) is 8.42 Å². The Hall–Kier alpha value is -0.641. The third-order valence-electron chi connectivity index (χ3n) is 7.53. The molecule has 0 spiro atoms. The summed E-state index contributed by atoms with van der Waals surface area (Å²) in [6, 6.07) is 30.4. The summed E-state index contributed by atoms with van der Waals surface area (Å²) in [5, 5.41) is 3.86. The van der Waals surface area contributed by atoms with E-state index in [1.807, 2.05) is 78.9 Å². The van der Waals surface area contributed by atoms with Crippen molar-refractivity contribution in [1.82, 2.24) is 39.9 Å². The normalized spacial score (nSPS) is 10.8. The summed E-state index contributed by atoms with van der Waals surface area (Å²) in [5.74, 6) is 2.39. The number of aromatic nitrogens is 8. The zero-order valence-corrected chi connectivity index (χ0v) is 27.6. The molecule has 0 atom stereocenters. The first-order valence-corrected chi connectivity index (χ1v) is 16.3. The van der Waals surface area contributed by atoms with E-state index in [9.17, 15) is 0 Å². The fourth-order valence-electron chi connectivity index (χ4n) is 5.65. The van der Waals surface area contributed by atoms with Crippen molar-refractivity contribution in [1.29, 1.82) is 0 Å². The number of H-pyrrole nitrogens is 2. The van der Waals surface area contributed by atoms with Gasteiger partial charge in [-0.1, -0.05) is 84.9 Å². The topological polar surface area (TPSA) is 184 Å². The molecule has 3 aromatic heterocycles. The van der Waals surface area contributed by atoms with Crippen LogP contribution in [0.4, 0.5) is 0 Å². The molecular formula is C32H23CuIN8Na4O4S. The Morgan fingerprint density at radius 3 is 1.20 bits per heavy atom. The summed E-state index contributed by atoms with van der Waals surface area (Å²) in [6.45, 7) is 0. The molecule has 0 unspecified atom stereocenters. The van der Waals surface area contributed by atoms with Crippen LogP contribution in [0.25, 0.3) is 89.7 Å². The van der Waals surface area contributed by atoms with Gasteiger partial charge >= 0.3 is 129 Å². The standard InChI is InChI=1S/C32H17IN8.Cu.4Na.H2O4S.4H/c33-23-15-7-14-22-24(23)32-40-30-21-13-6-5-12-20(21)28(38-30)36-26-17-9-2-1-8-16(17)25(34-26)35-27-18-10-3-4-11-19(18)29(37-27)39-31(22)41-32;;;;;;1-5(2,3)4;;;;/h1-15H,(H2,34,35,36,37,38,39,40,41);;;;;;(H2,1,2,3,4);;;;. The number of hydrogen-bond donors (Lipinski definition) is 4. The van der Waals surface area contributed by atoms with Gasteiger partial charge in [-0.25, -0.2) is 29.9 Å². The summed E-state index contributed by atoms with van der Waals surface area (Å²) in [6.07, 6.45) is 0. The molecule has 2 aliphatic heterocycles. The number of fused-ring (bicyclic) bond motifs is 20. The Morgan fingerprint density at radius 2 is 0.784 bits per heavy atom. The number of nitrogens with zero attached hydrogens (tertiary/aromatic N) is 6. The van der Waals surface area contributed by atoms with Gasteiger partial charge in [0, 0.05) is 64.4 Å². The summed E-state index contributed by atoms with van der Waals surface area (Å²) < 4.78 is 32.6. The van der Waals surface area contributed by atoms with Crippen LogP contribution in [0.3, 0.4) is 0 Å². The second-order valence-electron chi connectivity index (χ2n) is 10.4. The molecule has 8 bridgehead atoms. The summed E-state index contributed by atoms with van der Waals surface area (Å²) >= 11 is 2.35. The second-order valence-corrected chi connectivity index (χ2v) is 12.4. The third kappa shape index (κ3) is 9.09. The van der Waals surface area contributed by atoms with Crippen molar-refractivity contribution < 1.29 is 34.6 Å².